The Morgan fingerprint density at radius 3 is 2.96 bits per heavy atom. The zero-order valence-corrected chi connectivity index (χ0v) is 14.2. The van der Waals surface area contributed by atoms with Gasteiger partial charge in [0.1, 0.15) is 19.3 Å². The molecule has 0 bridgehead atoms. The van der Waals surface area contributed by atoms with Crippen LogP contribution in [0.3, 0.4) is 0 Å². The van der Waals surface area contributed by atoms with Crippen molar-refractivity contribution in [3.8, 4) is 11.5 Å². The maximum Gasteiger partial charge on any atom is 0.251 e. The zero-order valence-electron chi connectivity index (χ0n) is 14.2. The first-order valence-electron chi connectivity index (χ1n) is 9.04. The number of likely N-dealkylation sites (tertiary alicyclic amines) is 1. The molecule has 24 heavy (non-hydrogen) atoms. The van der Waals surface area contributed by atoms with Gasteiger partial charge in [0.15, 0.2) is 11.5 Å². The Hall–Kier alpha value is -1.75. The van der Waals surface area contributed by atoms with Crippen LogP contribution in [0, 0.1) is 5.92 Å². The van der Waals surface area contributed by atoms with Crippen LogP contribution < -0.4 is 9.47 Å². The number of para-hydroxylation sites is 1. The maximum absolute atomic E-state index is 12.9. The first-order valence-corrected chi connectivity index (χ1v) is 9.04. The van der Waals surface area contributed by atoms with Crippen molar-refractivity contribution in [3.05, 3.63) is 23.8 Å². The minimum atomic E-state index is -0.372. The fraction of sp³-hybridized carbons (Fsp3) is 0.632. The number of amides is 1. The summed E-state index contributed by atoms with van der Waals surface area (Å²) in [5.74, 6) is 2.35. The average molecular weight is 331 g/mol. The average Bonchev–Trinajstić information content (AvgIpc) is 3.33. The summed E-state index contributed by atoms with van der Waals surface area (Å²) in [5, 5.41) is 0. The molecule has 2 fully saturated rings. The first kappa shape index (κ1) is 15.8. The van der Waals surface area contributed by atoms with E-state index >= 15 is 0 Å². The Bertz CT molecular complexity index is 613. The maximum atomic E-state index is 12.9. The third-order valence-corrected chi connectivity index (χ3v) is 5.12. The third kappa shape index (κ3) is 3.09. The number of nitrogens with zero attached hydrogens (tertiary/aromatic N) is 1. The highest BCUT2D eigenvalue weighted by atomic mass is 16.6. The number of ether oxygens (including phenoxy) is 3. The topological polar surface area (TPSA) is 48.0 Å². The van der Waals surface area contributed by atoms with E-state index in [1.54, 1.807) is 0 Å². The lowest BCUT2D eigenvalue weighted by molar-refractivity contribution is -0.144. The number of fused-ring (bicyclic) bond motifs is 1. The van der Waals surface area contributed by atoms with E-state index in [2.05, 4.69) is 6.07 Å². The molecule has 0 N–H and O–H groups in total. The fourth-order valence-corrected chi connectivity index (χ4v) is 3.58. The van der Waals surface area contributed by atoms with Gasteiger partial charge in [-0.05, 0) is 44.6 Å². The Morgan fingerprint density at radius 2 is 2.12 bits per heavy atom. The van der Waals surface area contributed by atoms with Gasteiger partial charge in [-0.1, -0.05) is 12.1 Å². The van der Waals surface area contributed by atoms with E-state index < -0.39 is 0 Å². The van der Waals surface area contributed by atoms with Crippen molar-refractivity contribution < 1.29 is 19.0 Å². The van der Waals surface area contributed by atoms with Gasteiger partial charge in [0.25, 0.3) is 5.91 Å². The monoisotopic (exact) mass is 331 g/mol. The van der Waals surface area contributed by atoms with Gasteiger partial charge in [-0.2, -0.15) is 0 Å². The second-order valence-corrected chi connectivity index (χ2v) is 6.98. The summed E-state index contributed by atoms with van der Waals surface area (Å²) >= 11 is 0. The van der Waals surface area contributed by atoms with Crippen molar-refractivity contribution in [2.24, 2.45) is 5.92 Å². The summed E-state index contributed by atoms with van der Waals surface area (Å²) in [7, 11) is 0. The molecule has 1 amide bonds. The van der Waals surface area contributed by atoms with Crippen LogP contribution in [0.5, 0.6) is 11.5 Å². The predicted molar refractivity (Wildman–Crippen MR) is 89.3 cm³/mol. The molecule has 5 nitrogen and oxygen atoms in total. The molecule has 0 spiro atoms. The lowest BCUT2D eigenvalue weighted by Gasteiger charge is -2.30. The molecular weight excluding hydrogens is 306 g/mol. The minimum absolute atomic E-state index is 0.0566. The zero-order chi connectivity index (χ0) is 16.5. The molecule has 2 aliphatic heterocycles. The molecular formula is C19H25NO4. The molecule has 4 rings (SSSR count). The van der Waals surface area contributed by atoms with Gasteiger partial charge < -0.3 is 19.1 Å². The summed E-state index contributed by atoms with van der Waals surface area (Å²) in [6, 6.07) is 6.03. The third-order valence-electron chi connectivity index (χ3n) is 5.12. The van der Waals surface area contributed by atoms with E-state index in [-0.39, 0.29) is 18.1 Å². The molecule has 1 aromatic carbocycles. The summed E-state index contributed by atoms with van der Waals surface area (Å²) < 4.78 is 17.3. The highest BCUT2D eigenvalue weighted by Gasteiger charge is 2.36. The summed E-state index contributed by atoms with van der Waals surface area (Å²) in [5.41, 5.74) is 1.06. The van der Waals surface area contributed by atoms with Gasteiger partial charge in [-0.25, -0.2) is 0 Å². The molecule has 1 aromatic rings. The summed E-state index contributed by atoms with van der Waals surface area (Å²) in [6.07, 6.45) is 4.07. The highest BCUT2D eigenvalue weighted by Crippen LogP contribution is 2.43. The van der Waals surface area contributed by atoms with Crippen molar-refractivity contribution in [1.29, 1.82) is 0 Å². The molecule has 130 valence electrons. The normalized spacial score (nSPS) is 24.0. The van der Waals surface area contributed by atoms with Crippen LogP contribution in [0.15, 0.2) is 18.2 Å². The van der Waals surface area contributed by atoms with Gasteiger partial charge in [-0.15, -0.1) is 0 Å². The van der Waals surface area contributed by atoms with Crippen LogP contribution in [-0.4, -0.2) is 43.3 Å². The summed E-state index contributed by atoms with van der Waals surface area (Å²) in [4.78, 5) is 14.8. The molecule has 1 saturated carbocycles. The first-order chi connectivity index (χ1) is 11.7. The molecule has 3 aliphatic rings. The summed E-state index contributed by atoms with van der Waals surface area (Å²) in [6.45, 7) is 4.51. The molecule has 0 radical (unpaired) electrons. The number of rotatable bonds is 5. The molecule has 0 aromatic heterocycles. The fourth-order valence-electron chi connectivity index (χ4n) is 3.58. The van der Waals surface area contributed by atoms with Crippen molar-refractivity contribution in [2.45, 2.75) is 44.8 Å². The van der Waals surface area contributed by atoms with Crippen LogP contribution in [0.4, 0.5) is 0 Å². The Labute approximate surface area is 142 Å². The van der Waals surface area contributed by atoms with E-state index in [9.17, 15) is 4.79 Å². The number of benzene rings is 1. The molecule has 2 unspecified atom stereocenters. The smallest absolute Gasteiger partial charge is 0.251 e. The highest BCUT2D eigenvalue weighted by molar-refractivity contribution is 5.81. The second kappa shape index (κ2) is 6.63. The Balaban J connectivity index is 1.51. The van der Waals surface area contributed by atoms with E-state index in [4.69, 9.17) is 14.2 Å². The molecule has 1 saturated heterocycles. The van der Waals surface area contributed by atoms with Crippen molar-refractivity contribution in [1.82, 2.24) is 4.90 Å². The van der Waals surface area contributed by atoms with Gasteiger partial charge >= 0.3 is 0 Å². The van der Waals surface area contributed by atoms with Crippen LogP contribution in [0.25, 0.3) is 0 Å². The van der Waals surface area contributed by atoms with Crippen LogP contribution in [0.1, 0.15) is 44.2 Å². The van der Waals surface area contributed by atoms with E-state index in [0.29, 0.717) is 25.7 Å². The van der Waals surface area contributed by atoms with Crippen LogP contribution in [0.2, 0.25) is 0 Å². The molecule has 1 aliphatic carbocycles. The van der Waals surface area contributed by atoms with Crippen molar-refractivity contribution >= 4 is 5.91 Å². The van der Waals surface area contributed by atoms with E-state index in [1.807, 2.05) is 24.0 Å². The SMILES string of the molecule is CC(OCC1CC1)C(=O)N1CCCC1c1cccc2c1OCCO2. The van der Waals surface area contributed by atoms with Crippen molar-refractivity contribution in [3.63, 3.8) is 0 Å². The van der Waals surface area contributed by atoms with E-state index in [0.717, 1.165) is 36.4 Å². The van der Waals surface area contributed by atoms with E-state index in [1.165, 1.54) is 12.8 Å². The quantitative estimate of drug-likeness (QED) is 0.832. The molecule has 2 atom stereocenters. The van der Waals surface area contributed by atoms with Gasteiger partial charge in [-0.3, -0.25) is 4.79 Å². The van der Waals surface area contributed by atoms with Gasteiger partial charge in [0, 0.05) is 12.1 Å². The van der Waals surface area contributed by atoms with Gasteiger partial charge in [0.2, 0.25) is 0 Å². The number of carbonyl (C=O) groups excluding carboxylic acids is 1. The largest absolute Gasteiger partial charge is 0.486 e. The molecule has 2 heterocycles. The standard InChI is InChI=1S/C19H25NO4/c1-13(24-12-14-7-8-14)19(21)20-9-3-5-16(20)15-4-2-6-17-18(15)23-11-10-22-17/h2,4,6,13-14,16H,3,5,7-12H2,1H3. The van der Waals surface area contributed by atoms with Crippen LogP contribution in [-0.2, 0) is 9.53 Å². The molecule has 5 heteroatoms. The second-order valence-electron chi connectivity index (χ2n) is 6.98. The Kier molecular flexibility index (Phi) is 4.35. The number of carbonyl (C=O) groups is 1. The van der Waals surface area contributed by atoms with Crippen LogP contribution >= 0.6 is 0 Å². The van der Waals surface area contributed by atoms with Crippen molar-refractivity contribution in [2.75, 3.05) is 26.4 Å². The predicted octanol–water partition coefficient (Wildman–Crippen LogP) is 2.94. The lowest BCUT2D eigenvalue weighted by atomic mass is 10.0. The minimum Gasteiger partial charge on any atom is -0.486 e. The Morgan fingerprint density at radius 1 is 1.29 bits per heavy atom. The number of hydrogen-bond acceptors (Lipinski definition) is 4. The van der Waals surface area contributed by atoms with Gasteiger partial charge in [0.05, 0.1) is 12.6 Å². The lowest BCUT2D eigenvalue weighted by Crippen LogP contribution is -2.39. The number of hydrogen-bond donors (Lipinski definition) is 0.